The van der Waals surface area contributed by atoms with Crippen molar-refractivity contribution in [3.8, 4) is 0 Å². The first kappa shape index (κ1) is 21.5. The number of carbonyl (C=O) groups is 1. The zero-order chi connectivity index (χ0) is 20.5. The van der Waals surface area contributed by atoms with Gasteiger partial charge in [0.25, 0.3) is 5.91 Å². The van der Waals surface area contributed by atoms with Gasteiger partial charge in [-0.3, -0.25) is 9.48 Å². The molecule has 0 aliphatic carbocycles. The summed E-state index contributed by atoms with van der Waals surface area (Å²) in [5.74, 6) is 0.700. The van der Waals surface area contributed by atoms with Crippen LogP contribution in [0.25, 0.3) is 0 Å². The van der Waals surface area contributed by atoms with Crippen molar-refractivity contribution in [1.82, 2.24) is 25.7 Å². The quantitative estimate of drug-likeness (QED) is 0.482. The first-order chi connectivity index (χ1) is 13.5. The average Bonchev–Trinajstić information content (AvgIpc) is 2.93. The number of carbonyl (C=O) groups excluding carboxylic acids is 1. The van der Waals surface area contributed by atoms with Crippen LogP contribution in [0.15, 0.2) is 29.3 Å². The van der Waals surface area contributed by atoms with Gasteiger partial charge in [-0.1, -0.05) is 19.1 Å². The molecule has 0 unspecified atom stereocenters. The maximum atomic E-state index is 12.1. The van der Waals surface area contributed by atoms with Crippen LogP contribution in [-0.2, 0) is 20.1 Å². The summed E-state index contributed by atoms with van der Waals surface area (Å²) in [4.78, 5) is 16.8. The van der Waals surface area contributed by atoms with Gasteiger partial charge in [0.05, 0.1) is 12.2 Å². The highest BCUT2D eigenvalue weighted by molar-refractivity contribution is 5.94. The van der Waals surface area contributed by atoms with Crippen LogP contribution >= 0.6 is 0 Å². The largest absolute Gasteiger partial charge is 0.357 e. The van der Waals surface area contributed by atoms with Gasteiger partial charge in [0.1, 0.15) is 0 Å². The fourth-order valence-corrected chi connectivity index (χ4v) is 2.91. The number of amides is 1. The molecule has 0 saturated heterocycles. The minimum Gasteiger partial charge on any atom is -0.357 e. The van der Waals surface area contributed by atoms with E-state index in [4.69, 9.17) is 0 Å². The molecule has 0 aliphatic rings. The number of hydrogen-bond acceptors (Lipinski definition) is 3. The molecule has 0 aliphatic heterocycles. The molecule has 1 amide bonds. The van der Waals surface area contributed by atoms with Crippen LogP contribution in [0.4, 0.5) is 0 Å². The molecule has 0 spiro atoms. The lowest BCUT2D eigenvalue weighted by atomic mass is 10.1. The zero-order valence-electron chi connectivity index (χ0n) is 17.6. The van der Waals surface area contributed by atoms with E-state index in [1.54, 1.807) is 0 Å². The molecular weight excluding hydrogens is 352 g/mol. The summed E-state index contributed by atoms with van der Waals surface area (Å²) in [6.07, 6.45) is 0.920. The topological polar surface area (TPSA) is 83.3 Å². The highest BCUT2D eigenvalue weighted by Crippen LogP contribution is 2.11. The molecule has 7 heteroatoms. The SMILES string of the molecule is CCCNC(=O)c1cccc(CN=C(NCC)NCc2c(C)nn(C)c2C)c1. The smallest absolute Gasteiger partial charge is 0.251 e. The van der Waals surface area contributed by atoms with Gasteiger partial charge in [-0.2, -0.15) is 5.10 Å². The third-order valence-electron chi connectivity index (χ3n) is 4.58. The van der Waals surface area contributed by atoms with Crippen molar-refractivity contribution in [1.29, 1.82) is 0 Å². The molecule has 3 N–H and O–H groups in total. The summed E-state index contributed by atoms with van der Waals surface area (Å²) >= 11 is 0. The minimum atomic E-state index is -0.0414. The molecule has 2 aromatic rings. The highest BCUT2D eigenvalue weighted by Gasteiger charge is 2.10. The molecule has 152 valence electrons. The molecule has 0 bridgehead atoms. The van der Waals surface area contributed by atoms with Crippen LogP contribution in [0, 0.1) is 13.8 Å². The molecule has 0 radical (unpaired) electrons. The number of aromatic nitrogens is 2. The first-order valence-corrected chi connectivity index (χ1v) is 9.84. The van der Waals surface area contributed by atoms with Crippen LogP contribution < -0.4 is 16.0 Å². The normalized spacial score (nSPS) is 11.4. The Kier molecular flexibility index (Phi) is 8.04. The molecule has 0 fully saturated rings. The van der Waals surface area contributed by atoms with Gasteiger partial charge in [-0.05, 0) is 44.9 Å². The van der Waals surface area contributed by atoms with Crippen molar-refractivity contribution in [2.24, 2.45) is 12.0 Å². The van der Waals surface area contributed by atoms with Crippen molar-refractivity contribution in [2.75, 3.05) is 13.1 Å². The number of nitrogens with zero attached hydrogens (tertiary/aromatic N) is 3. The maximum Gasteiger partial charge on any atom is 0.251 e. The summed E-state index contributed by atoms with van der Waals surface area (Å²) in [6.45, 7) is 10.8. The van der Waals surface area contributed by atoms with Gasteiger partial charge in [0.15, 0.2) is 5.96 Å². The molecule has 0 saturated carbocycles. The molecule has 1 heterocycles. The molecule has 0 atom stereocenters. The predicted molar refractivity (Wildman–Crippen MR) is 113 cm³/mol. The van der Waals surface area contributed by atoms with Gasteiger partial charge in [-0.25, -0.2) is 4.99 Å². The van der Waals surface area contributed by atoms with E-state index < -0.39 is 0 Å². The van der Waals surface area contributed by atoms with E-state index in [1.165, 1.54) is 5.56 Å². The summed E-state index contributed by atoms with van der Waals surface area (Å²) < 4.78 is 1.89. The van der Waals surface area contributed by atoms with Crippen molar-refractivity contribution < 1.29 is 4.79 Å². The Bertz CT molecular complexity index is 824. The number of rotatable bonds is 8. The van der Waals surface area contributed by atoms with Gasteiger partial charge in [-0.15, -0.1) is 0 Å². The standard InChI is InChI=1S/C21H32N6O/c1-6-11-23-20(28)18-10-8-9-17(12-18)13-24-21(22-7-2)25-14-19-15(3)26-27(5)16(19)4/h8-10,12H,6-7,11,13-14H2,1-5H3,(H,23,28)(H2,22,24,25). The van der Waals surface area contributed by atoms with Crippen molar-refractivity contribution >= 4 is 11.9 Å². The van der Waals surface area contributed by atoms with Crippen molar-refractivity contribution in [3.63, 3.8) is 0 Å². The summed E-state index contributed by atoms with van der Waals surface area (Å²) in [7, 11) is 1.95. The predicted octanol–water partition coefficient (Wildman–Crippen LogP) is 2.43. The van der Waals surface area contributed by atoms with Crippen molar-refractivity contribution in [2.45, 2.75) is 47.2 Å². The Morgan fingerprint density at radius 1 is 1.18 bits per heavy atom. The minimum absolute atomic E-state index is 0.0414. The fourth-order valence-electron chi connectivity index (χ4n) is 2.91. The summed E-state index contributed by atoms with van der Waals surface area (Å²) in [5.41, 5.74) is 5.01. The van der Waals surface area contributed by atoms with Crippen LogP contribution in [-0.4, -0.2) is 34.7 Å². The number of aryl methyl sites for hydroxylation is 2. The number of hydrogen-bond donors (Lipinski definition) is 3. The number of aliphatic imine (C=N–C) groups is 1. The van der Waals surface area contributed by atoms with E-state index in [1.807, 2.05) is 56.8 Å². The molecule has 2 rings (SSSR count). The molecule has 1 aromatic heterocycles. The van der Waals surface area contributed by atoms with Gasteiger partial charge in [0.2, 0.25) is 0 Å². The number of benzene rings is 1. The van der Waals surface area contributed by atoms with Gasteiger partial charge >= 0.3 is 0 Å². The second-order valence-electron chi connectivity index (χ2n) is 6.78. The van der Waals surface area contributed by atoms with E-state index in [9.17, 15) is 4.79 Å². The highest BCUT2D eigenvalue weighted by atomic mass is 16.1. The Labute approximate surface area is 167 Å². The number of guanidine groups is 1. The third-order valence-corrected chi connectivity index (χ3v) is 4.58. The lowest BCUT2D eigenvalue weighted by Gasteiger charge is -2.12. The Balaban J connectivity index is 2.05. The Morgan fingerprint density at radius 2 is 1.96 bits per heavy atom. The molecule has 7 nitrogen and oxygen atoms in total. The van der Waals surface area contributed by atoms with E-state index >= 15 is 0 Å². The van der Waals surface area contributed by atoms with Crippen LogP contribution in [0.1, 0.15) is 53.1 Å². The monoisotopic (exact) mass is 384 g/mol. The van der Waals surface area contributed by atoms with Crippen LogP contribution in [0.5, 0.6) is 0 Å². The van der Waals surface area contributed by atoms with E-state index in [0.717, 1.165) is 35.9 Å². The average molecular weight is 385 g/mol. The van der Waals surface area contributed by atoms with Crippen LogP contribution in [0.2, 0.25) is 0 Å². The molecule has 28 heavy (non-hydrogen) atoms. The second kappa shape index (κ2) is 10.5. The summed E-state index contributed by atoms with van der Waals surface area (Å²) in [5, 5.41) is 14.0. The van der Waals surface area contributed by atoms with E-state index in [-0.39, 0.29) is 5.91 Å². The lowest BCUT2D eigenvalue weighted by molar-refractivity contribution is 0.0953. The maximum absolute atomic E-state index is 12.1. The van der Waals surface area contributed by atoms with Crippen LogP contribution in [0.3, 0.4) is 0 Å². The Hall–Kier alpha value is -2.83. The van der Waals surface area contributed by atoms with Gasteiger partial charge in [0, 0.05) is 43.5 Å². The zero-order valence-corrected chi connectivity index (χ0v) is 17.6. The van der Waals surface area contributed by atoms with Crippen molar-refractivity contribution in [3.05, 3.63) is 52.3 Å². The second-order valence-corrected chi connectivity index (χ2v) is 6.78. The summed E-state index contributed by atoms with van der Waals surface area (Å²) in [6, 6.07) is 7.61. The lowest BCUT2D eigenvalue weighted by Crippen LogP contribution is -2.37. The van der Waals surface area contributed by atoms with E-state index in [2.05, 4.69) is 33.0 Å². The first-order valence-electron chi connectivity index (χ1n) is 9.84. The molecule has 1 aromatic carbocycles. The Morgan fingerprint density at radius 3 is 2.61 bits per heavy atom. The fraction of sp³-hybridized carbons (Fsp3) is 0.476. The van der Waals surface area contributed by atoms with Gasteiger partial charge < -0.3 is 16.0 Å². The number of nitrogens with one attached hydrogen (secondary N) is 3. The van der Waals surface area contributed by atoms with E-state index in [0.29, 0.717) is 25.2 Å². The molecular formula is C21H32N6O. The third kappa shape index (κ3) is 5.84.